The molecule has 0 rings (SSSR count). The third-order valence-electron chi connectivity index (χ3n) is 4.24. The molecular weight excluding hydrogens is 459 g/mol. The molecule has 0 aromatic rings. The van der Waals surface area contributed by atoms with E-state index in [0.717, 1.165) is 0 Å². The molecule has 3 radical (unpaired) electrons. The van der Waals surface area contributed by atoms with Crippen LogP contribution in [0.5, 0.6) is 0 Å². The van der Waals surface area contributed by atoms with E-state index in [0.29, 0.717) is 0 Å². The van der Waals surface area contributed by atoms with Crippen molar-refractivity contribution in [3.8, 4) is 0 Å². The van der Waals surface area contributed by atoms with Gasteiger partial charge in [-0.25, -0.2) is 0 Å². The first-order chi connectivity index (χ1) is 8.24. The molecular formula is C16H43F6PSb. The van der Waals surface area contributed by atoms with Gasteiger partial charge in [0.2, 0.25) is 0 Å². The molecule has 24 heavy (non-hydrogen) atoms. The Labute approximate surface area is 163 Å². The zero-order chi connectivity index (χ0) is 13.0. The summed E-state index contributed by atoms with van der Waals surface area (Å²) in [7, 11) is -0.879. The van der Waals surface area contributed by atoms with E-state index in [2.05, 4.69) is 27.7 Å². The van der Waals surface area contributed by atoms with Gasteiger partial charge in [0.1, 0.15) is 0 Å². The fourth-order valence-corrected chi connectivity index (χ4v) is 8.87. The Balaban J connectivity index is -0.0000000610. The summed E-state index contributed by atoms with van der Waals surface area (Å²) < 4.78 is 0. The van der Waals surface area contributed by atoms with Gasteiger partial charge in [-0.1, -0.05) is 0 Å². The average molecular weight is 502 g/mol. The van der Waals surface area contributed by atoms with Crippen molar-refractivity contribution in [2.45, 2.75) is 79.1 Å². The van der Waals surface area contributed by atoms with Gasteiger partial charge in [-0.3, -0.25) is 28.2 Å². The van der Waals surface area contributed by atoms with Crippen LogP contribution in [-0.4, -0.2) is 49.1 Å². The predicted octanol–water partition coefficient (Wildman–Crippen LogP) is 6.47. The molecule has 0 heterocycles. The van der Waals surface area contributed by atoms with E-state index in [1.54, 1.807) is 24.6 Å². The predicted molar refractivity (Wildman–Crippen MR) is 108 cm³/mol. The second-order valence-corrected chi connectivity index (χ2v) is 10.9. The largest absolute Gasteiger partial charge is 0.269 e. The van der Waals surface area contributed by atoms with Crippen LogP contribution in [0.25, 0.3) is 0 Å². The zero-order valence-electron chi connectivity index (χ0n) is 15.9. The molecule has 0 spiro atoms. The van der Waals surface area contributed by atoms with E-state index in [9.17, 15) is 0 Å². The normalized spacial score (nSPS) is 9.17. The van der Waals surface area contributed by atoms with Crippen molar-refractivity contribution in [1.29, 1.82) is 0 Å². The number of halogens is 6. The minimum absolute atomic E-state index is 0. The Morgan fingerprint density at radius 3 is 0.708 bits per heavy atom. The van der Waals surface area contributed by atoms with Crippen molar-refractivity contribution < 1.29 is 28.2 Å². The molecule has 0 unspecified atom stereocenters. The van der Waals surface area contributed by atoms with Gasteiger partial charge in [0.25, 0.3) is 0 Å². The summed E-state index contributed by atoms with van der Waals surface area (Å²) in [5.41, 5.74) is 0. The van der Waals surface area contributed by atoms with Crippen molar-refractivity contribution in [3.63, 3.8) is 0 Å². The van der Waals surface area contributed by atoms with Gasteiger partial charge < -0.3 is 0 Å². The Kier molecular flexibility index (Phi) is 72.7. The number of rotatable bonds is 12. The molecule has 0 fully saturated rings. The van der Waals surface area contributed by atoms with E-state index in [4.69, 9.17) is 0 Å². The Morgan fingerprint density at radius 2 is 0.583 bits per heavy atom. The Bertz CT molecular complexity index is 141. The molecule has 0 atom stereocenters. The standard InChI is InChI=1S/C16H37P.6FH.Sb/c1-5-9-13-17(14-10-6-2,15-11-7-3)16-12-8-4;;;;;;;/h17H,5-16H2,1-4H3;6*1H;. The summed E-state index contributed by atoms with van der Waals surface area (Å²) >= 11 is 0. The molecule has 0 saturated carbocycles. The van der Waals surface area contributed by atoms with Crippen LogP contribution in [0, 0.1) is 0 Å². The Morgan fingerprint density at radius 1 is 0.417 bits per heavy atom. The minimum Gasteiger partial charge on any atom is -0.269 e. The summed E-state index contributed by atoms with van der Waals surface area (Å²) in [5, 5.41) is 0. The summed E-state index contributed by atoms with van der Waals surface area (Å²) in [4.78, 5) is 0. The van der Waals surface area contributed by atoms with Crippen molar-refractivity contribution in [3.05, 3.63) is 0 Å². The van der Waals surface area contributed by atoms with E-state index in [-0.39, 0.29) is 52.7 Å². The molecule has 0 aromatic carbocycles. The average Bonchev–Trinajstić information content (AvgIpc) is 2.37. The first-order valence-electron chi connectivity index (χ1n) is 8.24. The molecule has 0 bridgehead atoms. The summed E-state index contributed by atoms with van der Waals surface area (Å²) in [5.74, 6) is 0. The van der Waals surface area contributed by atoms with E-state index >= 15 is 0 Å². The summed E-state index contributed by atoms with van der Waals surface area (Å²) in [6.07, 6.45) is 18.1. The van der Waals surface area contributed by atoms with Crippen molar-refractivity contribution in [2.24, 2.45) is 0 Å². The first kappa shape index (κ1) is 49.8. The molecule has 0 amide bonds. The van der Waals surface area contributed by atoms with Crippen LogP contribution in [0.3, 0.4) is 0 Å². The molecule has 0 aliphatic heterocycles. The maximum atomic E-state index is 2.36. The van der Waals surface area contributed by atoms with Crippen molar-refractivity contribution in [2.75, 3.05) is 24.6 Å². The quantitative estimate of drug-likeness (QED) is 0.163. The molecule has 0 nitrogen and oxygen atoms in total. The van der Waals surface area contributed by atoms with Gasteiger partial charge >= 0.3 is 111 Å². The van der Waals surface area contributed by atoms with Crippen LogP contribution in [0.2, 0.25) is 0 Å². The molecule has 0 aliphatic carbocycles. The molecule has 0 aromatic heterocycles. The van der Waals surface area contributed by atoms with Crippen LogP contribution >= 0.6 is 7.26 Å². The van der Waals surface area contributed by atoms with Gasteiger partial charge in [-0.05, 0) is 0 Å². The molecule has 0 saturated heterocycles. The van der Waals surface area contributed by atoms with Gasteiger partial charge in [0.05, 0.1) is 0 Å². The fourth-order valence-electron chi connectivity index (χ4n) is 2.96. The maximum Gasteiger partial charge on any atom is 0 e. The van der Waals surface area contributed by atoms with Crippen LogP contribution < -0.4 is 0 Å². The van der Waals surface area contributed by atoms with Gasteiger partial charge in [0, 0.05) is 24.4 Å². The topological polar surface area (TPSA) is 0 Å². The third-order valence-corrected chi connectivity index (χ3v) is 9.90. The van der Waals surface area contributed by atoms with Gasteiger partial charge in [0.15, 0.2) is 0 Å². The van der Waals surface area contributed by atoms with Crippen LogP contribution in [0.4, 0.5) is 28.2 Å². The summed E-state index contributed by atoms with van der Waals surface area (Å²) in [6, 6.07) is 0. The number of hydrogen-bond donors (Lipinski definition) is 0. The third kappa shape index (κ3) is 25.1. The first-order valence-corrected chi connectivity index (χ1v) is 11.1. The van der Waals surface area contributed by atoms with Crippen molar-refractivity contribution >= 4 is 31.7 Å². The van der Waals surface area contributed by atoms with E-state index < -0.39 is 7.26 Å². The SMILES string of the molecule is CCCC[PH](CCCC)(CCCC)CCCC.F.F.F.F.F.F.[Sb]. The smallest absolute Gasteiger partial charge is 0 e. The van der Waals surface area contributed by atoms with Gasteiger partial charge in [-0.2, -0.15) is 0 Å². The van der Waals surface area contributed by atoms with Crippen LogP contribution in [0.1, 0.15) is 79.1 Å². The zero-order valence-corrected chi connectivity index (χ0v) is 19.4. The van der Waals surface area contributed by atoms with E-state index in [1.165, 1.54) is 51.4 Å². The fraction of sp³-hybridized carbons (Fsp3) is 1.00. The van der Waals surface area contributed by atoms with Gasteiger partial charge in [-0.15, -0.1) is 0 Å². The molecule has 159 valence electrons. The monoisotopic (exact) mass is 501 g/mol. The summed E-state index contributed by atoms with van der Waals surface area (Å²) in [6.45, 7) is 9.44. The maximum absolute atomic E-state index is 2.36. The second kappa shape index (κ2) is 35.0. The van der Waals surface area contributed by atoms with Crippen LogP contribution in [0.15, 0.2) is 0 Å². The Hall–Kier alpha value is 0.828. The van der Waals surface area contributed by atoms with E-state index in [1.807, 2.05) is 0 Å². The number of hydrogen-bond acceptors (Lipinski definition) is 0. The molecule has 0 aliphatic rings. The van der Waals surface area contributed by atoms with Crippen molar-refractivity contribution in [1.82, 2.24) is 0 Å². The molecule has 0 N–H and O–H groups in total. The second-order valence-electron chi connectivity index (χ2n) is 5.91. The number of unbranched alkanes of at least 4 members (excludes halogenated alkanes) is 4. The van der Waals surface area contributed by atoms with Crippen LogP contribution in [-0.2, 0) is 0 Å². The minimum atomic E-state index is -0.879. The molecule has 8 heteroatoms.